The summed E-state index contributed by atoms with van der Waals surface area (Å²) in [5.41, 5.74) is -0.296. The van der Waals surface area contributed by atoms with Gasteiger partial charge in [0.1, 0.15) is 11.4 Å². The van der Waals surface area contributed by atoms with Crippen molar-refractivity contribution in [3.8, 4) is 0 Å². The minimum absolute atomic E-state index is 0.0113. The van der Waals surface area contributed by atoms with E-state index in [2.05, 4.69) is 20.9 Å². The van der Waals surface area contributed by atoms with Crippen LogP contribution in [0, 0.1) is 0 Å². The van der Waals surface area contributed by atoms with E-state index in [9.17, 15) is 9.59 Å². The molecule has 0 amide bonds. The Bertz CT molecular complexity index is 498. The van der Waals surface area contributed by atoms with Gasteiger partial charge in [0.2, 0.25) is 0 Å². The van der Waals surface area contributed by atoms with Crippen molar-refractivity contribution in [3.63, 3.8) is 0 Å². The molecule has 2 rings (SSSR count). The lowest BCUT2D eigenvalue weighted by Gasteiger charge is -2.21. The lowest BCUT2D eigenvalue weighted by atomic mass is 10.1. The second kappa shape index (κ2) is 5.00. The Labute approximate surface area is 107 Å². The summed E-state index contributed by atoms with van der Waals surface area (Å²) in [5, 5.41) is 0. The third-order valence-corrected chi connectivity index (χ3v) is 3.56. The van der Waals surface area contributed by atoms with Crippen molar-refractivity contribution in [2.75, 3.05) is 6.61 Å². The highest BCUT2D eigenvalue weighted by atomic mass is 79.9. The molecular weight excluding hydrogens is 288 g/mol. The highest BCUT2D eigenvalue weighted by Crippen LogP contribution is 2.29. The molecule has 1 unspecified atom stereocenters. The van der Waals surface area contributed by atoms with Gasteiger partial charge in [-0.15, -0.1) is 0 Å². The molecule has 0 radical (unpaired) electrons. The molecule has 6 heteroatoms. The van der Waals surface area contributed by atoms with Gasteiger partial charge in [-0.1, -0.05) is 15.9 Å². The van der Waals surface area contributed by atoms with Crippen molar-refractivity contribution in [2.24, 2.45) is 0 Å². The molecule has 5 nitrogen and oxygen atoms in total. The van der Waals surface area contributed by atoms with Gasteiger partial charge in [0.25, 0.3) is 5.56 Å². The standard InChI is InChI=1S/C11H13BrN2O3/c1-2-17-11(16)7-6-13-9-8(12)4-3-5-14(9)10(7)15/h6,8H,2-5H2,1H3. The average Bonchev–Trinajstić information content (AvgIpc) is 2.31. The summed E-state index contributed by atoms with van der Waals surface area (Å²) in [5.74, 6) is 0.0892. The molecule has 1 aromatic heterocycles. The fraction of sp³-hybridized carbons (Fsp3) is 0.545. The largest absolute Gasteiger partial charge is 0.462 e. The third-order valence-electron chi connectivity index (χ3n) is 2.69. The van der Waals surface area contributed by atoms with E-state index in [-0.39, 0.29) is 22.6 Å². The number of hydrogen-bond acceptors (Lipinski definition) is 4. The van der Waals surface area contributed by atoms with Gasteiger partial charge < -0.3 is 4.74 Å². The number of alkyl halides is 1. The molecule has 0 bridgehead atoms. The molecule has 0 spiro atoms. The van der Waals surface area contributed by atoms with E-state index in [1.165, 1.54) is 6.20 Å². The van der Waals surface area contributed by atoms with E-state index in [1.807, 2.05) is 0 Å². The number of aromatic nitrogens is 2. The first-order valence-electron chi connectivity index (χ1n) is 5.56. The zero-order valence-corrected chi connectivity index (χ0v) is 11.1. The second-order valence-corrected chi connectivity index (χ2v) is 4.92. The van der Waals surface area contributed by atoms with Gasteiger partial charge in [0.05, 0.1) is 11.4 Å². The monoisotopic (exact) mass is 300 g/mol. The normalized spacial score (nSPS) is 18.6. The van der Waals surface area contributed by atoms with Gasteiger partial charge >= 0.3 is 5.97 Å². The van der Waals surface area contributed by atoms with Gasteiger partial charge in [-0.3, -0.25) is 9.36 Å². The Morgan fingerprint density at radius 2 is 2.47 bits per heavy atom. The predicted molar refractivity (Wildman–Crippen MR) is 65.4 cm³/mol. The van der Waals surface area contributed by atoms with Crippen molar-refractivity contribution in [1.29, 1.82) is 0 Å². The molecule has 0 saturated carbocycles. The predicted octanol–water partition coefficient (Wildman–Crippen LogP) is 1.65. The first-order valence-corrected chi connectivity index (χ1v) is 6.47. The van der Waals surface area contributed by atoms with Crippen molar-refractivity contribution in [2.45, 2.75) is 31.1 Å². The van der Waals surface area contributed by atoms with Crippen molar-refractivity contribution >= 4 is 21.9 Å². The number of fused-ring (bicyclic) bond motifs is 1. The van der Waals surface area contributed by atoms with Crippen LogP contribution in [0.1, 0.15) is 40.8 Å². The second-order valence-electron chi connectivity index (χ2n) is 3.82. The summed E-state index contributed by atoms with van der Waals surface area (Å²) in [4.78, 5) is 27.9. The summed E-state index contributed by atoms with van der Waals surface area (Å²) < 4.78 is 6.37. The highest BCUT2D eigenvalue weighted by molar-refractivity contribution is 9.09. The van der Waals surface area contributed by atoms with Crippen LogP contribution < -0.4 is 5.56 Å². The highest BCUT2D eigenvalue weighted by Gasteiger charge is 2.23. The Balaban J connectivity index is 2.46. The molecule has 1 aromatic rings. The molecular formula is C11H13BrN2O3. The molecule has 0 saturated heterocycles. The maximum absolute atomic E-state index is 12.1. The van der Waals surface area contributed by atoms with Crippen LogP contribution in [0.25, 0.3) is 0 Å². The van der Waals surface area contributed by atoms with Crippen LogP contribution in [0.2, 0.25) is 0 Å². The van der Waals surface area contributed by atoms with Gasteiger partial charge in [-0.25, -0.2) is 9.78 Å². The quantitative estimate of drug-likeness (QED) is 0.615. The van der Waals surface area contributed by atoms with Crippen molar-refractivity contribution in [3.05, 3.63) is 27.9 Å². The fourth-order valence-electron chi connectivity index (χ4n) is 1.88. The van der Waals surface area contributed by atoms with E-state index >= 15 is 0 Å². The van der Waals surface area contributed by atoms with E-state index in [4.69, 9.17) is 4.74 Å². The van der Waals surface area contributed by atoms with E-state index < -0.39 is 5.97 Å². The van der Waals surface area contributed by atoms with Gasteiger partial charge in [0, 0.05) is 12.7 Å². The van der Waals surface area contributed by atoms with Gasteiger partial charge in [-0.05, 0) is 19.8 Å². The minimum Gasteiger partial charge on any atom is -0.462 e. The number of carbonyl (C=O) groups excluding carboxylic acids is 1. The summed E-state index contributed by atoms with van der Waals surface area (Å²) in [6.07, 6.45) is 3.16. The SMILES string of the molecule is CCOC(=O)c1cnc2n(c1=O)CCCC2Br. The lowest BCUT2D eigenvalue weighted by Crippen LogP contribution is -2.33. The number of esters is 1. The summed E-state index contributed by atoms with van der Waals surface area (Å²) in [7, 11) is 0. The number of ether oxygens (including phenoxy) is 1. The van der Waals surface area contributed by atoms with Crippen LogP contribution in [0.3, 0.4) is 0 Å². The fourth-order valence-corrected chi connectivity index (χ4v) is 2.57. The lowest BCUT2D eigenvalue weighted by molar-refractivity contribution is 0.0522. The minimum atomic E-state index is -0.600. The number of carbonyl (C=O) groups is 1. The van der Waals surface area contributed by atoms with Crippen molar-refractivity contribution < 1.29 is 9.53 Å². The van der Waals surface area contributed by atoms with Crippen LogP contribution in [0.15, 0.2) is 11.0 Å². The zero-order chi connectivity index (χ0) is 12.4. The number of rotatable bonds is 2. The molecule has 0 aromatic carbocycles. The molecule has 2 heterocycles. The number of halogens is 1. The maximum atomic E-state index is 12.1. The zero-order valence-electron chi connectivity index (χ0n) is 9.48. The van der Waals surface area contributed by atoms with Gasteiger partial charge in [-0.2, -0.15) is 0 Å². The molecule has 1 aliphatic heterocycles. The number of hydrogen-bond donors (Lipinski definition) is 0. The summed E-state index contributed by atoms with van der Waals surface area (Å²) in [6, 6.07) is 0. The van der Waals surface area contributed by atoms with E-state index in [1.54, 1.807) is 11.5 Å². The smallest absolute Gasteiger partial charge is 0.345 e. The van der Waals surface area contributed by atoms with Crippen LogP contribution in [-0.2, 0) is 11.3 Å². The van der Waals surface area contributed by atoms with Crippen LogP contribution in [0.4, 0.5) is 0 Å². The van der Waals surface area contributed by atoms with Crippen LogP contribution >= 0.6 is 15.9 Å². The molecule has 92 valence electrons. The topological polar surface area (TPSA) is 61.2 Å². The first-order chi connectivity index (χ1) is 8.15. The van der Waals surface area contributed by atoms with E-state index in [0.29, 0.717) is 12.4 Å². The molecule has 1 atom stereocenters. The Morgan fingerprint density at radius 1 is 1.71 bits per heavy atom. The Morgan fingerprint density at radius 3 is 3.18 bits per heavy atom. The van der Waals surface area contributed by atoms with Crippen LogP contribution in [0.5, 0.6) is 0 Å². The van der Waals surface area contributed by atoms with E-state index in [0.717, 1.165) is 12.8 Å². The summed E-state index contributed by atoms with van der Waals surface area (Å²) in [6.45, 7) is 2.56. The van der Waals surface area contributed by atoms with Crippen LogP contribution in [-0.4, -0.2) is 22.1 Å². The molecule has 0 N–H and O–H groups in total. The average molecular weight is 301 g/mol. The molecule has 1 aliphatic rings. The Kier molecular flexibility index (Phi) is 3.61. The first kappa shape index (κ1) is 12.3. The van der Waals surface area contributed by atoms with Gasteiger partial charge in [0.15, 0.2) is 0 Å². The van der Waals surface area contributed by atoms with Crippen molar-refractivity contribution in [1.82, 2.24) is 9.55 Å². The summed E-state index contributed by atoms with van der Waals surface area (Å²) >= 11 is 3.48. The molecule has 17 heavy (non-hydrogen) atoms. The maximum Gasteiger partial charge on any atom is 0.345 e. The Hall–Kier alpha value is -1.17. The molecule has 0 aliphatic carbocycles. The molecule has 0 fully saturated rings. The number of nitrogens with zero attached hydrogens (tertiary/aromatic N) is 2. The third kappa shape index (κ3) is 2.26.